The fourth-order valence-electron chi connectivity index (χ4n) is 1.41. The maximum atomic E-state index is 9.36. The van der Waals surface area contributed by atoms with E-state index in [2.05, 4.69) is 0 Å². The van der Waals surface area contributed by atoms with E-state index >= 15 is 0 Å². The van der Waals surface area contributed by atoms with Crippen molar-refractivity contribution in [2.24, 2.45) is 0 Å². The van der Waals surface area contributed by atoms with Gasteiger partial charge in [-0.3, -0.25) is 0 Å². The molecule has 0 saturated carbocycles. The van der Waals surface area contributed by atoms with Crippen LogP contribution in [0.4, 0.5) is 0 Å². The van der Waals surface area contributed by atoms with Gasteiger partial charge in [-0.1, -0.05) is 6.07 Å². The predicted molar refractivity (Wildman–Crippen MR) is 64.1 cm³/mol. The molecule has 92 valence electrons. The van der Waals surface area contributed by atoms with Gasteiger partial charge in [0, 0.05) is 6.42 Å². The van der Waals surface area contributed by atoms with Crippen LogP contribution < -0.4 is 9.47 Å². The zero-order valence-corrected chi connectivity index (χ0v) is 10.1. The summed E-state index contributed by atoms with van der Waals surface area (Å²) in [5.41, 5.74) is 1.10. The van der Waals surface area contributed by atoms with Crippen LogP contribution in [0.25, 0.3) is 0 Å². The number of benzene rings is 1. The van der Waals surface area contributed by atoms with Gasteiger partial charge in [-0.05, 0) is 24.6 Å². The summed E-state index contributed by atoms with van der Waals surface area (Å²) in [6.07, 6.45) is -0.0599. The molecule has 1 atom stereocenters. The van der Waals surface area contributed by atoms with E-state index in [1.165, 1.54) is 0 Å². The number of hydrogen-bond acceptors (Lipinski definition) is 4. The van der Waals surface area contributed by atoms with E-state index in [-0.39, 0.29) is 6.42 Å². The zero-order chi connectivity index (χ0) is 12.7. The van der Waals surface area contributed by atoms with Crippen LogP contribution in [0.2, 0.25) is 0 Å². The van der Waals surface area contributed by atoms with Crippen molar-refractivity contribution >= 4 is 0 Å². The molecular formula is C13H17NO3. The van der Waals surface area contributed by atoms with Crippen LogP contribution in [0.1, 0.15) is 18.4 Å². The first-order valence-corrected chi connectivity index (χ1v) is 5.50. The zero-order valence-electron chi connectivity index (χ0n) is 10.1. The Balaban J connectivity index is 2.49. The number of hydrogen-bond donors (Lipinski definition) is 1. The highest BCUT2D eigenvalue weighted by molar-refractivity contribution is 5.42. The number of nitrogens with zero attached hydrogens (tertiary/aromatic N) is 1. The smallest absolute Gasteiger partial charge is 0.161 e. The van der Waals surface area contributed by atoms with Gasteiger partial charge in [0.15, 0.2) is 11.5 Å². The molecule has 1 unspecified atom stereocenters. The van der Waals surface area contributed by atoms with Crippen molar-refractivity contribution in [3.63, 3.8) is 0 Å². The summed E-state index contributed by atoms with van der Waals surface area (Å²) in [4.78, 5) is 0. The summed E-state index contributed by atoms with van der Waals surface area (Å²) in [6, 6.07) is 7.58. The van der Waals surface area contributed by atoms with Crippen LogP contribution >= 0.6 is 0 Å². The monoisotopic (exact) mass is 235 g/mol. The molecule has 0 amide bonds. The van der Waals surface area contributed by atoms with Gasteiger partial charge < -0.3 is 14.6 Å². The summed E-state index contributed by atoms with van der Waals surface area (Å²) < 4.78 is 10.7. The Hall–Kier alpha value is -1.73. The topological polar surface area (TPSA) is 62.5 Å². The number of methoxy groups -OCH3 is 1. The molecule has 0 saturated heterocycles. The average Bonchev–Trinajstić information content (AvgIpc) is 2.31. The number of nitriles is 1. The average molecular weight is 235 g/mol. The van der Waals surface area contributed by atoms with Gasteiger partial charge in [-0.15, -0.1) is 0 Å². The summed E-state index contributed by atoms with van der Waals surface area (Å²) in [5, 5.41) is 17.8. The van der Waals surface area contributed by atoms with Gasteiger partial charge in [0.25, 0.3) is 0 Å². The first-order chi connectivity index (χ1) is 8.17. The molecule has 0 bridgehead atoms. The predicted octanol–water partition coefficient (Wildman–Crippen LogP) is 2.05. The fraction of sp³-hybridized carbons (Fsp3) is 0.462. The van der Waals surface area contributed by atoms with Crippen molar-refractivity contribution in [1.82, 2.24) is 0 Å². The maximum absolute atomic E-state index is 9.36. The lowest BCUT2D eigenvalue weighted by Gasteiger charge is -2.12. The van der Waals surface area contributed by atoms with E-state index in [0.717, 1.165) is 5.56 Å². The van der Waals surface area contributed by atoms with Gasteiger partial charge in [-0.2, -0.15) is 5.26 Å². The molecule has 4 heteroatoms. The third-order valence-corrected chi connectivity index (χ3v) is 2.35. The molecule has 0 heterocycles. The van der Waals surface area contributed by atoms with Gasteiger partial charge in [0.1, 0.15) is 0 Å². The third-order valence-electron chi connectivity index (χ3n) is 2.35. The van der Waals surface area contributed by atoms with E-state index in [4.69, 9.17) is 14.7 Å². The Kier molecular flexibility index (Phi) is 5.31. The van der Waals surface area contributed by atoms with E-state index in [1.54, 1.807) is 7.11 Å². The number of aryl methyl sites for hydroxylation is 1. The van der Waals surface area contributed by atoms with E-state index in [1.807, 2.05) is 31.2 Å². The molecule has 1 N–H and O–H groups in total. The summed E-state index contributed by atoms with van der Waals surface area (Å²) in [5.74, 6) is 1.34. The maximum Gasteiger partial charge on any atom is 0.161 e. The standard InChI is InChI=1S/C13H17NO3/c1-10-3-4-12(13(9-10)16-2)17-8-6-11(15)5-7-14/h3-4,9,11,15H,5-6,8H2,1-2H3. The summed E-state index contributed by atoms with van der Waals surface area (Å²) >= 11 is 0. The van der Waals surface area contributed by atoms with Crippen LogP contribution in [0.5, 0.6) is 11.5 Å². The Bertz CT molecular complexity index is 398. The minimum atomic E-state index is -0.628. The molecule has 0 spiro atoms. The fourth-order valence-corrected chi connectivity index (χ4v) is 1.41. The second-order valence-corrected chi connectivity index (χ2v) is 3.81. The largest absolute Gasteiger partial charge is 0.493 e. The van der Waals surface area contributed by atoms with Crippen LogP contribution in [0.3, 0.4) is 0 Å². The number of ether oxygens (including phenoxy) is 2. The molecular weight excluding hydrogens is 218 g/mol. The summed E-state index contributed by atoms with van der Waals surface area (Å²) in [7, 11) is 1.59. The minimum Gasteiger partial charge on any atom is -0.493 e. The lowest BCUT2D eigenvalue weighted by Crippen LogP contribution is -2.11. The van der Waals surface area contributed by atoms with Gasteiger partial charge in [-0.25, -0.2) is 0 Å². The van der Waals surface area contributed by atoms with Crippen LogP contribution in [0, 0.1) is 18.3 Å². The first-order valence-electron chi connectivity index (χ1n) is 5.50. The Morgan fingerprint density at radius 1 is 1.41 bits per heavy atom. The normalized spacial score (nSPS) is 11.6. The minimum absolute atomic E-state index is 0.133. The molecule has 17 heavy (non-hydrogen) atoms. The van der Waals surface area contributed by atoms with Crippen LogP contribution in [0.15, 0.2) is 18.2 Å². The molecule has 0 aliphatic rings. The van der Waals surface area contributed by atoms with Gasteiger partial charge in [0.05, 0.1) is 32.3 Å². The number of rotatable bonds is 6. The van der Waals surface area contributed by atoms with E-state index < -0.39 is 6.10 Å². The van der Waals surface area contributed by atoms with Crippen molar-refractivity contribution in [3.8, 4) is 17.6 Å². The molecule has 0 aromatic heterocycles. The number of aliphatic hydroxyl groups excluding tert-OH is 1. The van der Waals surface area contributed by atoms with E-state index in [9.17, 15) is 5.11 Å². The van der Waals surface area contributed by atoms with Crippen molar-refractivity contribution in [3.05, 3.63) is 23.8 Å². The molecule has 4 nitrogen and oxygen atoms in total. The molecule has 0 aliphatic carbocycles. The molecule has 1 rings (SSSR count). The lowest BCUT2D eigenvalue weighted by molar-refractivity contribution is 0.142. The second-order valence-electron chi connectivity index (χ2n) is 3.81. The molecule has 1 aromatic carbocycles. The first kappa shape index (κ1) is 13.3. The quantitative estimate of drug-likeness (QED) is 0.819. The molecule has 1 aromatic rings. The SMILES string of the molecule is COc1cc(C)ccc1OCCC(O)CC#N. The summed E-state index contributed by atoms with van der Waals surface area (Å²) in [6.45, 7) is 2.34. The molecule has 0 radical (unpaired) electrons. The van der Waals surface area contributed by atoms with Crippen molar-refractivity contribution in [1.29, 1.82) is 5.26 Å². The van der Waals surface area contributed by atoms with Crippen LogP contribution in [-0.2, 0) is 0 Å². The third kappa shape index (κ3) is 4.33. The second kappa shape index (κ2) is 6.77. The van der Waals surface area contributed by atoms with E-state index in [0.29, 0.717) is 24.5 Å². The highest BCUT2D eigenvalue weighted by Crippen LogP contribution is 2.27. The molecule has 0 fully saturated rings. The highest BCUT2D eigenvalue weighted by atomic mass is 16.5. The van der Waals surface area contributed by atoms with Gasteiger partial charge in [0.2, 0.25) is 0 Å². The molecule has 0 aliphatic heterocycles. The van der Waals surface area contributed by atoms with Crippen molar-refractivity contribution in [2.45, 2.75) is 25.9 Å². The van der Waals surface area contributed by atoms with Gasteiger partial charge >= 0.3 is 0 Å². The van der Waals surface area contributed by atoms with Crippen LogP contribution in [-0.4, -0.2) is 24.9 Å². The Labute approximate surface area is 101 Å². The Morgan fingerprint density at radius 2 is 2.18 bits per heavy atom. The highest BCUT2D eigenvalue weighted by Gasteiger charge is 2.07. The number of aliphatic hydroxyl groups is 1. The lowest BCUT2D eigenvalue weighted by atomic mass is 10.2. The van der Waals surface area contributed by atoms with Crippen molar-refractivity contribution in [2.75, 3.05) is 13.7 Å². The Morgan fingerprint density at radius 3 is 2.82 bits per heavy atom. The van der Waals surface area contributed by atoms with Crippen molar-refractivity contribution < 1.29 is 14.6 Å².